The molecule has 1 heterocycles. The molecule has 0 aromatic heterocycles. The Kier molecular flexibility index (Phi) is 5.28. The maximum absolute atomic E-state index is 6.18. The van der Waals surface area contributed by atoms with Crippen LogP contribution in [0, 0.1) is 5.92 Å². The molecule has 3 heteroatoms. The van der Waals surface area contributed by atoms with E-state index in [9.17, 15) is 0 Å². The smallest absolute Gasteiger partial charge is 0.0867 e. The Labute approximate surface area is 128 Å². The van der Waals surface area contributed by atoms with Gasteiger partial charge in [0.25, 0.3) is 0 Å². The molecule has 1 aromatic carbocycles. The summed E-state index contributed by atoms with van der Waals surface area (Å²) in [6.07, 6.45) is 5.40. The normalized spacial score (nSPS) is 26.0. The predicted molar refractivity (Wildman–Crippen MR) is 84.6 cm³/mol. The molecule has 0 radical (unpaired) electrons. The number of hydrogen-bond donors (Lipinski definition) is 1. The molecule has 1 saturated heterocycles. The van der Waals surface area contributed by atoms with Crippen LogP contribution in [0.3, 0.4) is 0 Å². The maximum Gasteiger partial charge on any atom is 0.0867 e. The van der Waals surface area contributed by atoms with Crippen LogP contribution in [0.5, 0.6) is 0 Å². The van der Waals surface area contributed by atoms with Crippen molar-refractivity contribution in [2.24, 2.45) is 5.92 Å². The minimum Gasteiger partial charge on any atom is -0.383 e. The molecule has 2 unspecified atom stereocenters. The Bertz CT molecular complexity index is 445. The Morgan fingerprint density at radius 1 is 1.19 bits per heavy atom. The average molecular weight is 289 g/mol. The first-order valence-electron chi connectivity index (χ1n) is 8.30. The average Bonchev–Trinajstić information content (AvgIpc) is 3.37. The summed E-state index contributed by atoms with van der Waals surface area (Å²) in [7, 11) is 1.75. The summed E-state index contributed by atoms with van der Waals surface area (Å²) in [6.45, 7) is 3.62. The molecule has 2 atom stereocenters. The summed E-state index contributed by atoms with van der Waals surface area (Å²) in [4.78, 5) is 0. The second kappa shape index (κ2) is 7.39. The summed E-state index contributed by atoms with van der Waals surface area (Å²) >= 11 is 0. The highest BCUT2D eigenvalue weighted by atomic mass is 16.5. The van der Waals surface area contributed by atoms with Gasteiger partial charge in [-0.2, -0.15) is 0 Å². The zero-order chi connectivity index (χ0) is 14.5. The number of ether oxygens (including phenoxy) is 2. The summed E-state index contributed by atoms with van der Waals surface area (Å²) in [5.41, 5.74) is 2.98. The van der Waals surface area contributed by atoms with Crippen LogP contribution >= 0.6 is 0 Å². The third kappa shape index (κ3) is 3.85. The largest absolute Gasteiger partial charge is 0.383 e. The molecular formula is C18H27NO2. The van der Waals surface area contributed by atoms with Crippen molar-refractivity contribution in [2.75, 3.05) is 33.4 Å². The summed E-state index contributed by atoms with van der Waals surface area (Å²) < 4.78 is 11.3. The lowest BCUT2D eigenvalue weighted by molar-refractivity contribution is -0.0285. The van der Waals surface area contributed by atoms with Gasteiger partial charge in [-0.15, -0.1) is 0 Å². The van der Waals surface area contributed by atoms with E-state index in [2.05, 4.69) is 29.6 Å². The molecular weight excluding hydrogens is 262 g/mol. The second-order valence-corrected chi connectivity index (χ2v) is 6.29. The Balaban J connectivity index is 1.68. The van der Waals surface area contributed by atoms with Crippen LogP contribution in [0.4, 0.5) is 0 Å². The van der Waals surface area contributed by atoms with Gasteiger partial charge in [0.1, 0.15) is 0 Å². The van der Waals surface area contributed by atoms with Gasteiger partial charge in [0.05, 0.1) is 12.7 Å². The highest BCUT2D eigenvalue weighted by molar-refractivity contribution is 5.35. The topological polar surface area (TPSA) is 30.5 Å². The first-order valence-corrected chi connectivity index (χ1v) is 8.30. The molecule has 3 nitrogen and oxygen atoms in total. The molecule has 1 N–H and O–H groups in total. The molecule has 0 bridgehead atoms. The van der Waals surface area contributed by atoms with Crippen molar-refractivity contribution in [3.63, 3.8) is 0 Å². The van der Waals surface area contributed by atoms with Crippen LogP contribution in [-0.4, -0.2) is 33.4 Å². The lowest BCUT2D eigenvalue weighted by atomic mass is 9.86. The molecule has 0 amide bonds. The number of hydrogen-bond acceptors (Lipinski definition) is 3. The first kappa shape index (κ1) is 15.0. The maximum atomic E-state index is 6.18. The highest BCUT2D eigenvalue weighted by Gasteiger charge is 2.33. The van der Waals surface area contributed by atoms with E-state index in [0.29, 0.717) is 5.92 Å². The monoisotopic (exact) mass is 289 g/mol. The fourth-order valence-corrected chi connectivity index (χ4v) is 3.39. The van der Waals surface area contributed by atoms with E-state index in [-0.39, 0.29) is 6.10 Å². The SMILES string of the molecule is COCCNCC1CCCOC1c1ccccc1C1CC1. The van der Waals surface area contributed by atoms with E-state index in [1.807, 2.05) is 0 Å². The Hall–Kier alpha value is -0.900. The fourth-order valence-electron chi connectivity index (χ4n) is 3.39. The quantitative estimate of drug-likeness (QED) is 0.782. The lowest BCUT2D eigenvalue weighted by Gasteiger charge is -2.33. The van der Waals surface area contributed by atoms with E-state index in [4.69, 9.17) is 9.47 Å². The van der Waals surface area contributed by atoms with Gasteiger partial charge < -0.3 is 14.8 Å². The van der Waals surface area contributed by atoms with E-state index in [1.165, 1.54) is 36.8 Å². The minimum absolute atomic E-state index is 0.269. The number of nitrogens with one attached hydrogen (secondary N) is 1. The van der Waals surface area contributed by atoms with Gasteiger partial charge in [0.15, 0.2) is 0 Å². The van der Waals surface area contributed by atoms with Crippen LogP contribution in [0.2, 0.25) is 0 Å². The minimum atomic E-state index is 0.269. The van der Waals surface area contributed by atoms with E-state index >= 15 is 0 Å². The third-order valence-corrected chi connectivity index (χ3v) is 4.65. The molecule has 1 aliphatic carbocycles. The second-order valence-electron chi connectivity index (χ2n) is 6.29. The first-order chi connectivity index (χ1) is 10.4. The number of methoxy groups -OCH3 is 1. The van der Waals surface area contributed by atoms with Gasteiger partial charge in [0, 0.05) is 32.7 Å². The van der Waals surface area contributed by atoms with Gasteiger partial charge in [-0.25, -0.2) is 0 Å². The molecule has 3 rings (SSSR count). The van der Waals surface area contributed by atoms with Gasteiger partial charge >= 0.3 is 0 Å². The van der Waals surface area contributed by atoms with Crippen molar-refractivity contribution in [3.05, 3.63) is 35.4 Å². The van der Waals surface area contributed by atoms with E-state index < -0.39 is 0 Å². The number of benzene rings is 1. The van der Waals surface area contributed by atoms with Crippen molar-refractivity contribution >= 4 is 0 Å². The van der Waals surface area contributed by atoms with Crippen molar-refractivity contribution in [2.45, 2.75) is 37.7 Å². The summed E-state index contributed by atoms with van der Waals surface area (Å²) in [5.74, 6) is 1.37. The molecule has 2 fully saturated rings. The molecule has 1 saturated carbocycles. The van der Waals surface area contributed by atoms with Gasteiger partial charge in [-0.3, -0.25) is 0 Å². The van der Waals surface area contributed by atoms with E-state index in [0.717, 1.165) is 32.2 Å². The molecule has 1 aliphatic heterocycles. The van der Waals surface area contributed by atoms with Crippen molar-refractivity contribution in [1.82, 2.24) is 5.32 Å². The predicted octanol–water partition coefficient (Wildman–Crippen LogP) is 3.27. The standard InChI is InChI=1S/C18H27NO2/c1-20-12-10-19-13-15-5-4-11-21-18(15)17-7-3-2-6-16(17)14-8-9-14/h2-3,6-7,14-15,18-19H,4-5,8-13H2,1H3. The van der Waals surface area contributed by atoms with Crippen LogP contribution in [0.15, 0.2) is 24.3 Å². The lowest BCUT2D eigenvalue weighted by Crippen LogP contribution is -2.33. The summed E-state index contributed by atoms with van der Waals surface area (Å²) in [6, 6.07) is 8.92. The number of rotatable bonds is 7. The molecule has 116 valence electrons. The molecule has 2 aliphatic rings. The van der Waals surface area contributed by atoms with Gasteiger partial charge in [-0.05, 0) is 42.7 Å². The van der Waals surface area contributed by atoms with Crippen LogP contribution in [-0.2, 0) is 9.47 Å². The third-order valence-electron chi connectivity index (χ3n) is 4.65. The molecule has 1 aromatic rings. The van der Waals surface area contributed by atoms with Gasteiger partial charge in [-0.1, -0.05) is 24.3 Å². The van der Waals surface area contributed by atoms with Crippen molar-refractivity contribution in [1.29, 1.82) is 0 Å². The highest BCUT2D eigenvalue weighted by Crippen LogP contribution is 2.45. The fraction of sp³-hybridized carbons (Fsp3) is 0.667. The zero-order valence-electron chi connectivity index (χ0n) is 13.0. The van der Waals surface area contributed by atoms with Crippen molar-refractivity contribution < 1.29 is 9.47 Å². The zero-order valence-corrected chi connectivity index (χ0v) is 13.0. The van der Waals surface area contributed by atoms with Gasteiger partial charge in [0.2, 0.25) is 0 Å². The molecule has 21 heavy (non-hydrogen) atoms. The van der Waals surface area contributed by atoms with E-state index in [1.54, 1.807) is 7.11 Å². The Morgan fingerprint density at radius 3 is 2.76 bits per heavy atom. The van der Waals surface area contributed by atoms with Crippen LogP contribution in [0.1, 0.15) is 48.8 Å². The van der Waals surface area contributed by atoms with Crippen LogP contribution in [0.25, 0.3) is 0 Å². The summed E-state index contributed by atoms with van der Waals surface area (Å²) in [5, 5.41) is 3.52. The molecule has 0 spiro atoms. The Morgan fingerprint density at radius 2 is 2.00 bits per heavy atom. The van der Waals surface area contributed by atoms with Crippen LogP contribution < -0.4 is 5.32 Å². The van der Waals surface area contributed by atoms with Crippen molar-refractivity contribution in [3.8, 4) is 0 Å².